The van der Waals surface area contributed by atoms with Crippen LogP contribution in [0.1, 0.15) is 60.8 Å². The average molecular weight is 436 g/mol. The fourth-order valence-corrected chi connectivity index (χ4v) is 2.79. The number of nitrogens with one attached hydrogen (secondary N) is 3. The van der Waals surface area contributed by atoms with Crippen LogP contribution in [0.4, 0.5) is 8.78 Å². The number of carboxylic acid groups (broad SMARTS) is 1. The van der Waals surface area contributed by atoms with Gasteiger partial charge in [0.2, 0.25) is 18.2 Å². The highest BCUT2D eigenvalue weighted by atomic mass is 19.3. The molecule has 2 amide bonds. The standard InChI is InChI=1S/C20H35F2N3O5/c1-7-12(6)23-16(11(4)5)19(28)25-14(8-10(2)3)18(27)24-13(9-15(21)22)17(26)20(29)30/h10-16,23H,7-9H2,1-6H3,(H,24,27)(H,25,28)(H,29,30)/t12?,13?,14-,16-/m0/s1. The number of ketones is 1. The highest BCUT2D eigenvalue weighted by Crippen LogP contribution is 2.11. The number of carboxylic acids is 1. The summed E-state index contributed by atoms with van der Waals surface area (Å²) in [5.74, 6) is -4.86. The molecule has 0 aliphatic carbocycles. The van der Waals surface area contributed by atoms with Crippen LogP contribution in [0, 0.1) is 11.8 Å². The van der Waals surface area contributed by atoms with Crippen LogP contribution in [0.25, 0.3) is 0 Å². The molecule has 0 bridgehead atoms. The van der Waals surface area contributed by atoms with Crippen LogP contribution in [0.15, 0.2) is 0 Å². The molecule has 0 aliphatic heterocycles. The molecule has 0 heterocycles. The van der Waals surface area contributed by atoms with Gasteiger partial charge in [0.25, 0.3) is 5.78 Å². The predicted octanol–water partition coefficient (Wildman–Crippen LogP) is 1.72. The molecule has 4 N–H and O–H groups in total. The van der Waals surface area contributed by atoms with Crippen molar-refractivity contribution in [1.82, 2.24) is 16.0 Å². The van der Waals surface area contributed by atoms with Crippen molar-refractivity contribution in [1.29, 1.82) is 0 Å². The molecular formula is C20H35F2N3O5. The zero-order valence-electron chi connectivity index (χ0n) is 18.5. The molecule has 0 aromatic carbocycles. The molecule has 8 nitrogen and oxygen atoms in total. The first-order valence-electron chi connectivity index (χ1n) is 10.2. The van der Waals surface area contributed by atoms with E-state index in [1.807, 2.05) is 41.5 Å². The molecule has 4 atom stereocenters. The van der Waals surface area contributed by atoms with E-state index in [-0.39, 0.29) is 24.3 Å². The van der Waals surface area contributed by atoms with Crippen molar-refractivity contribution in [2.24, 2.45) is 11.8 Å². The highest BCUT2D eigenvalue weighted by molar-refractivity contribution is 6.35. The summed E-state index contributed by atoms with van der Waals surface area (Å²) in [6.45, 7) is 11.2. The average Bonchev–Trinajstić information content (AvgIpc) is 2.62. The first-order chi connectivity index (χ1) is 13.8. The zero-order chi connectivity index (χ0) is 23.6. The summed E-state index contributed by atoms with van der Waals surface area (Å²) < 4.78 is 25.5. The summed E-state index contributed by atoms with van der Waals surface area (Å²) in [5, 5.41) is 16.7. The number of carbonyl (C=O) groups excluding carboxylic acids is 3. The maximum absolute atomic E-state index is 12.8. The van der Waals surface area contributed by atoms with Gasteiger partial charge in [-0.25, -0.2) is 13.6 Å². The summed E-state index contributed by atoms with van der Waals surface area (Å²) in [6, 6.07) is -3.50. The fourth-order valence-electron chi connectivity index (χ4n) is 2.79. The SMILES string of the molecule is CCC(C)N[C@H](C(=O)N[C@@H](CC(C)C)C(=O)NC(CC(F)F)C(=O)C(=O)O)C(C)C. The summed E-state index contributed by atoms with van der Waals surface area (Å²) in [4.78, 5) is 48.1. The van der Waals surface area contributed by atoms with E-state index < -0.39 is 54.5 Å². The Kier molecular flexibility index (Phi) is 12.3. The van der Waals surface area contributed by atoms with E-state index in [0.29, 0.717) is 0 Å². The maximum Gasteiger partial charge on any atom is 0.374 e. The lowest BCUT2D eigenvalue weighted by atomic mass is 9.98. The Labute approximate surface area is 176 Å². The number of amides is 2. The molecule has 10 heteroatoms. The van der Waals surface area contributed by atoms with Crippen LogP contribution in [-0.4, -0.2) is 59.3 Å². The highest BCUT2D eigenvalue weighted by Gasteiger charge is 2.33. The lowest BCUT2D eigenvalue weighted by Gasteiger charge is -2.28. The summed E-state index contributed by atoms with van der Waals surface area (Å²) in [7, 11) is 0. The minimum absolute atomic E-state index is 0.0372. The number of rotatable bonds is 14. The molecule has 0 aliphatic rings. The Hall–Kier alpha value is -2.10. The van der Waals surface area contributed by atoms with Crippen molar-refractivity contribution < 1.29 is 33.1 Å². The molecule has 0 aromatic rings. The molecule has 0 saturated carbocycles. The Morgan fingerprint density at radius 1 is 0.867 bits per heavy atom. The second kappa shape index (κ2) is 13.3. The molecule has 0 spiro atoms. The van der Waals surface area contributed by atoms with Gasteiger partial charge in [-0.1, -0.05) is 34.6 Å². The Morgan fingerprint density at radius 3 is 1.80 bits per heavy atom. The molecule has 0 aromatic heterocycles. The first-order valence-corrected chi connectivity index (χ1v) is 10.2. The largest absolute Gasteiger partial charge is 0.475 e. The minimum Gasteiger partial charge on any atom is -0.475 e. The van der Waals surface area contributed by atoms with Crippen LogP contribution >= 0.6 is 0 Å². The van der Waals surface area contributed by atoms with Gasteiger partial charge in [-0.15, -0.1) is 0 Å². The molecule has 2 unspecified atom stereocenters. The Bertz CT molecular complexity index is 599. The van der Waals surface area contributed by atoms with Gasteiger partial charge in [0.15, 0.2) is 0 Å². The predicted molar refractivity (Wildman–Crippen MR) is 108 cm³/mol. The third-order valence-corrected chi connectivity index (χ3v) is 4.62. The number of halogens is 2. The van der Waals surface area contributed by atoms with Crippen LogP contribution in [0.5, 0.6) is 0 Å². The van der Waals surface area contributed by atoms with Crippen molar-refractivity contribution in [3.05, 3.63) is 0 Å². The third kappa shape index (κ3) is 10.1. The van der Waals surface area contributed by atoms with Gasteiger partial charge in [-0.3, -0.25) is 14.4 Å². The lowest BCUT2D eigenvalue weighted by Crippen LogP contribution is -2.58. The number of hydrogen-bond acceptors (Lipinski definition) is 5. The number of aliphatic carboxylic acids is 1. The topological polar surface area (TPSA) is 125 Å². The molecule has 0 fully saturated rings. The number of carbonyl (C=O) groups is 4. The lowest BCUT2D eigenvalue weighted by molar-refractivity contribution is -0.151. The summed E-state index contributed by atoms with van der Waals surface area (Å²) in [5.41, 5.74) is 0. The molecular weight excluding hydrogens is 400 g/mol. The van der Waals surface area contributed by atoms with Gasteiger partial charge in [-0.2, -0.15) is 0 Å². The normalized spacial score (nSPS) is 15.6. The Balaban J connectivity index is 5.49. The number of Topliss-reactive ketones (excluding diaryl/α,β-unsaturated/α-hetero) is 1. The molecule has 0 radical (unpaired) electrons. The minimum atomic E-state index is -2.98. The third-order valence-electron chi connectivity index (χ3n) is 4.62. The first kappa shape index (κ1) is 27.9. The fraction of sp³-hybridized carbons (Fsp3) is 0.800. The van der Waals surface area contributed by atoms with E-state index in [0.717, 1.165) is 6.42 Å². The quantitative estimate of drug-likeness (QED) is 0.308. The van der Waals surface area contributed by atoms with E-state index in [2.05, 4.69) is 16.0 Å². The number of alkyl halides is 2. The second-order valence-electron chi connectivity index (χ2n) is 8.25. The van der Waals surface area contributed by atoms with Crippen LogP contribution in [0.2, 0.25) is 0 Å². The second-order valence-corrected chi connectivity index (χ2v) is 8.25. The van der Waals surface area contributed by atoms with Gasteiger partial charge in [0.05, 0.1) is 6.04 Å². The van der Waals surface area contributed by atoms with Crippen LogP contribution in [0.3, 0.4) is 0 Å². The van der Waals surface area contributed by atoms with Gasteiger partial charge >= 0.3 is 5.97 Å². The van der Waals surface area contributed by atoms with Crippen LogP contribution in [-0.2, 0) is 19.2 Å². The van der Waals surface area contributed by atoms with Crippen molar-refractivity contribution in [2.75, 3.05) is 0 Å². The van der Waals surface area contributed by atoms with E-state index in [1.165, 1.54) is 0 Å². The molecule has 0 saturated heterocycles. The van der Waals surface area contributed by atoms with E-state index in [9.17, 15) is 28.0 Å². The van der Waals surface area contributed by atoms with Crippen LogP contribution < -0.4 is 16.0 Å². The van der Waals surface area contributed by atoms with Gasteiger partial charge in [0, 0.05) is 12.5 Å². The van der Waals surface area contributed by atoms with Gasteiger partial charge in [0.1, 0.15) is 12.1 Å². The Morgan fingerprint density at radius 2 is 1.40 bits per heavy atom. The van der Waals surface area contributed by atoms with Gasteiger partial charge < -0.3 is 21.1 Å². The van der Waals surface area contributed by atoms with Crippen molar-refractivity contribution in [3.63, 3.8) is 0 Å². The summed E-state index contributed by atoms with van der Waals surface area (Å²) in [6.07, 6.45) is -3.13. The molecule has 30 heavy (non-hydrogen) atoms. The van der Waals surface area contributed by atoms with Crippen molar-refractivity contribution >= 4 is 23.6 Å². The zero-order valence-corrected chi connectivity index (χ0v) is 18.5. The van der Waals surface area contributed by atoms with Crippen molar-refractivity contribution in [2.45, 2.75) is 91.4 Å². The van der Waals surface area contributed by atoms with Crippen molar-refractivity contribution in [3.8, 4) is 0 Å². The van der Waals surface area contributed by atoms with Gasteiger partial charge in [-0.05, 0) is 31.6 Å². The van der Waals surface area contributed by atoms with E-state index in [1.54, 1.807) is 0 Å². The van der Waals surface area contributed by atoms with E-state index in [4.69, 9.17) is 5.11 Å². The van der Waals surface area contributed by atoms with E-state index >= 15 is 0 Å². The summed E-state index contributed by atoms with van der Waals surface area (Å²) >= 11 is 0. The monoisotopic (exact) mass is 435 g/mol. The molecule has 0 rings (SSSR count). The number of hydrogen-bond donors (Lipinski definition) is 4. The maximum atomic E-state index is 12.8. The molecule has 174 valence electrons. The smallest absolute Gasteiger partial charge is 0.374 e.